The van der Waals surface area contributed by atoms with Crippen molar-refractivity contribution in [2.75, 3.05) is 92.8 Å². The molecule has 19 heterocycles. The number of hydrogen-bond donors (Lipinski definition) is 2. The summed E-state index contributed by atoms with van der Waals surface area (Å²) in [6.07, 6.45) is 32.7. The van der Waals surface area contributed by atoms with Crippen molar-refractivity contribution in [3.8, 4) is 45.0 Å². The Hall–Kier alpha value is -12.4. The van der Waals surface area contributed by atoms with Crippen LogP contribution in [0, 0.1) is 20.8 Å². The molecule has 0 spiro atoms. The minimum atomic E-state index is -0.0999. The molecule has 15 aromatic heterocycles. The Morgan fingerprint density at radius 2 is 0.793 bits per heavy atom. The first-order chi connectivity index (χ1) is 56.3. The number of piperidine rings is 3. The zero-order chi connectivity index (χ0) is 79.8. The first-order valence-corrected chi connectivity index (χ1v) is 39.9. The van der Waals surface area contributed by atoms with Crippen LogP contribution >= 0.6 is 0 Å². The molecule has 0 aliphatic carbocycles. The summed E-state index contributed by atoms with van der Waals surface area (Å²) in [5.41, 5.74) is 20.5. The molecule has 4 aliphatic rings. The molecular formula is C89H93N21O6. The number of benzene rings is 1. The summed E-state index contributed by atoms with van der Waals surface area (Å²) >= 11 is 0. The van der Waals surface area contributed by atoms with Crippen LogP contribution in [0.3, 0.4) is 0 Å². The second-order valence-electron chi connectivity index (χ2n) is 31.3. The van der Waals surface area contributed by atoms with Crippen molar-refractivity contribution in [1.82, 2.24) is 100 Å². The summed E-state index contributed by atoms with van der Waals surface area (Å²) < 4.78 is 14.2. The Morgan fingerprint density at radius 3 is 1.28 bits per heavy atom. The van der Waals surface area contributed by atoms with Crippen LogP contribution in [0.4, 0.5) is 0 Å². The maximum absolute atomic E-state index is 12.9. The average Bonchev–Trinajstić information content (AvgIpc) is 1.14. The Labute approximate surface area is 667 Å². The molecule has 20 rings (SSSR count). The first kappa shape index (κ1) is 76.3. The van der Waals surface area contributed by atoms with Gasteiger partial charge in [-0.15, -0.1) is 0 Å². The highest BCUT2D eigenvalue weighted by Gasteiger charge is 2.25. The van der Waals surface area contributed by atoms with Gasteiger partial charge in [0.15, 0.2) is 5.65 Å². The molecule has 4 aliphatic heterocycles. The number of imidazole rings is 3. The van der Waals surface area contributed by atoms with E-state index in [1.807, 2.05) is 188 Å². The summed E-state index contributed by atoms with van der Waals surface area (Å²) in [4.78, 5) is 97.4. The van der Waals surface area contributed by atoms with Crippen molar-refractivity contribution < 1.29 is 10.2 Å². The van der Waals surface area contributed by atoms with Gasteiger partial charge in [-0.3, -0.25) is 51.3 Å². The minimum absolute atomic E-state index is 0.0407. The molecule has 0 amide bonds. The van der Waals surface area contributed by atoms with Crippen molar-refractivity contribution in [3.63, 3.8) is 0 Å². The van der Waals surface area contributed by atoms with E-state index in [-0.39, 0.29) is 35.5 Å². The van der Waals surface area contributed by atoms with E-state index in [0.29, 0.717) is 69.7 Å². The standard InChI is InChI=1S/C23H25N5O2.C23H23N5O2.C22H23N5O.C21H22N6O/c2*1-16-13-27-14-19(3-4-21(27)24-16)20-12-23(30)28-15-18(2-5-22(28)25-20)17-6-8-26(9-7-17)10-11-29;1-25-9-7-15(8-10-25)17-4-6-21-23-20(12-22(28)27(21)14-17)16-3-5-19-18(11-16)13-26(2)24-19;1-14-11-26-12-16(3-4-19(26)23-14)17-9-21(28)27-13-18(22-10-20(27)24-17)15-5-7-25(2)8-6-15/h2-5,12-15,17,29H,6-11H2,1H3;2-6,12-15,29H,7-11H2,1H3;3-6,11-15H,7-10H2,1-2H3;3-4,9-13,15H,5-8H2,1-2H3. The molecule has 590 valence electrons. The van der Waals surface area contributed by atoms with Crippen LogP contribution in [0.1, 0.15) is 102 Å². The predicted octanol–water partition coefficient (Wildman–Crippen LogP) is 10.5. The van der Waals surface area contributed by atoms with E-state index in [4.69, 9.17) is 25.2 Å². The van der Waals surface area contributed by atoms with Crippen LogP contribution in [-0.4, -0.2) is 203 Å². The van der Waals surface area contributed by atoms with Gasteiger partial charge in [0.25, 0.3) is 22.2 Å². The number of aryl methyl sites for hydroxylation is 4. The maximum Gasteiger partial charge on any atom is 0.258 e. The molecule has 1 aromatic carbocycles. The van der Waals surface area contributed by atoms with Crippen LogP contribution in [0.15, 0.2) is 215 Å². The average molecular weight is 1550 g/mol. The lowest BCUT2D eigenvalue weighted by atomic mass is 9.90. The van der Waals surface area contributed by atoms with Gasteiger partial charge in [-0.1, -0.05) is 24.3 Å². The van der Waals surface area contributed by atoms with Crippen molar-refractivity contribution in [3.05, 3.63) is 277 Å². The third kappa shape index (κ3) is 16.5. The van der Waals surface area contributed by atoms with Crippen LogP contribution in [0.25, 0.3) is 101 Å². The molecule has 0 radical (unpaired) electrons. The SMILES string of the molecule is CN1CCC(c2ccc3nc(-c4ccc5nn(C)cc5c4)cc(=O)n3c2)CC1.Cc1cn2cc(-c3cc(=O)n4cc(C5=CCN(CCO)CC5)ccc4n3)ccc2n1.Cc1cn2cc(-c3cc(=O)n4cc(C5CCN(C)CC5)ncc4n3)ccc2n1.Cc1cn2cc(-c3cc(=O)n4cc(C5CCN(CCO)CC5)ccc4n3)ccc2n1. The topological polar surface area (TPSA) is 274 Å². The zero-order valence-corrected chi connectivity index (χ0v) is 66.1. The molecule has 0 unspecified atom stereocenters. The molecule has 27 nitrogen and oxygen atoms in total. The number of nitrogens with zero attached hydrogens (tertiary/aromatic N) is 21. The quantitative estimate of drug-likeness (QED) is 0.115. The van der Waals surface area contributed by atoms with Gasteiger partial charge in [-0.2, -0.15) is 5.10 Å². The van der Waals surface area contributed by atoms with Crippen molar-refractivity contribution >= 4 is 56.0 Å². The van der Waals surface area contributed by atoms with E-state index < -0.39 is 0 Å². The number of pyridine rings is 6. The number of aliphatic hydroxyl groups is 2. The lowest BCUT2D eigenvalue weighted by Crippen LogP contribution is -2.35. The maximum atomic E-state index is 12.9. The summed E-state index contributed by atoms with van der Waals surface area (Å²) in [5.74, 6) is 1.35. The molecule has 0 bridgehead atoms. The largest absolute Gasteiger partial charge is 0.395 e. The fourth-order valence-electron chi connectivity index (χ4n) is 16.6. The van der Waals surface area contributed by atoms with E-state index in [1.165, 1.54) is 16.7 Å². The lowest BCUT2D eigenvalue weighted by molar-refractivity contribution is 0.164. The highest BCUT2D eigenvalue weighted by atomic mass is 16.3. The second kappa shape index (κ2) is 32.9. The molecule has 3 saturated heterocycles. The molecule has 16 aromatic rings. The first-order valence-electron chi connectivity index (χ1n) is 39.9. The molecule has 116 heavy (non-hydrogen) atoms. The number of aliphatic hydroxyl groups excluding tert-OH is 2. The van der Waals surface area contributed by atoms with Crippen molar-refractivity contribution in [2.45, 2.75) is 83.5 Å². The van der Waals surface area contributed by atoms with E-state index in [0.717, 1.165) is 182 Å². The Bertz CT molecular complexity index is 6470. The van der Waals surface area contributed by atoms with Crippen LogP contribution in [0.5, 0.6) is 0 Å². The van der Waals surface area contributed by atoms with Gasteiger partial charge in [0.2, 0.25) is 0 Å². The lowest BCUT2D eigenvalue weighted by Gasteiger charge is -2.31. The summed E-state index contributed by atoms with van der Waals surface area (Å²) in [7, 11) is 6.21. The normalized spacial score (nSPS) is 15.8. The fourth-order valence-corrected chi connectivity index (χ4v) is 16.6. The predicted molar refractivity (Wildman–Crippen MR) is 451 cm³/mol. The Kier molecular flexibility index (Phi) is 21.6. The Balaban J connectivity index is 0.000000111. The van der Waals surface area contributed by atoms with Crippen molar-refractivity contribution in [2.24, 2.45) is 7.05 Å². The van der Waals surface area contributed by atoms with E-state index in [1.54, 1.807) is 52.7 Å². The number of rotatable bonds is 12. The van der Waals surface area contributed by atoms with E-state index in [2.05, 4.69) is 81.9 Å². The van der Waals surface area contributed by atoms with Gasteiger partial charge in [0.1, 0.15) is 33.9 Å². The number of aromatic nitrogens is 17. The monoisotopic (exact) mass is 1550 g/mol. The van der Waals surface area contributed by atoms with Gasteiger partial charge < -0.3 is 38.1 Å². The molecule has 2 N–H and O–H groups in total. The molecule has 27 heteroatoms. The molecule has 0 saturated carbocycles. The van der Waals surface area contributed by atoms with Crippen LogP contribution < -0.4 is 22.2 Å². The van der Waals surface area contributed by atoms with Gasteiger partial charge in [-0.25, -0.2) is 34.9 Å². The van der Waals surface area contributed by atoms with E-state index >= 15 is 0 Å². The summed E-state index contributed by atoms with van der Waals surface area (Å²) in [6.45, 7) is 15.7. The number of likely N-dealkylation sites (tertiary alicyclic amines) is 3. The zero-order valence-electron chi connectivity index (χ0n) is 66.1. The van der Waals surface area contributed by atoms with Gasteiger partial charge in [0, 0.05) is 159 Å². The molecule has 3 fully saturated rings. The summed E-state index contributed by atoms with van der Waals surface area (Å²) in [5, 5.41) is 23.7. The van der Waals surface area contributed by atoms with Gasteiger partial charge >= 0.3 is 0 Å². The third-order valence-corrected chi connectivity index (χ3v) is 23.0. The number of hydrogen-bond acceptors (Lipinski definition) is 19. The Morgan fingerprint density at radius 1 is 0.379 bits per heavy atom. The van der Waals surface area contributed by atoms with Crippen molar-refractivity contribution in [1.29, 1.82) is 0 Å². The summed E-state index contributed by atoms with van der Waals surface area (Å²) in [6, 6.07) is 36.1. The minimum Gasteiger partial charge on any atom is -0.395 e. The van der Waals surface area contributed by atoms with E-state index in [9.17, 15) is 19.2 Å². The van der Waals surface area contributed by atoms with Crippen LogP contribution in [0.2, 0.25) is 0 Å². The third-order valence-electron chi connectivity index (χ3n) is 23.0. The molecular weight excluding hydrogens is 1460 g/mol. The van der Waals surface area contributed by atoms with Gasteiger partial charge in [-0.05, 0) is 226 Å². The fraction of sp³-hybridized carbons (Fsp3) is 0.315. The van der Waals surface area contributed by atoms with Gasteiger partial charge in [0.05, 0.1) is 70.5 Å². The molecule has 0 atom stereocenters. The highest BCUT2D eigenvalue weighted by Crippen LogP contribution is 2.33. The van der Waals surface area contributed by atoms with Crippen LogP contribution in [-0.2, 0) is 7.05 Å². The number of β-amino-alcohol motifs (C(OH)–C–C–N with tert-alkyl or cyclic N) is 2. The number of fused-ring (bicyclic) bond motifs is 8. The highest BCUT2D eigenvalue weighted by molar-refractivity contribution is 5.84. The second-order valence-corrected chi connectivity index (χ2v) is 31.3. The smallest absolute Gasteiger partial charge is 0.258 e.